The number of aliphatic hydroxyl groups excluding tert-OH is 1. The molecule has 8 heteroatoms. The molecule has 0 radical (unpaired) electrons. The number of carboxylic acid groups (broad SMARTS) is 1. The molecule has 33 heavy (non-hydrogen) atoms. The predicted octanol–water partition coefficient (Wildman–Crippen LogP) is 2.20. The minimum Gasteiger partial charge on any atom is -0.481 e. The van der Waals surface area contributed by atoms with Crippen LogP contribution in [0.25, 0.3) is 0 Å². The Hall–Kier alpha value is -2.06. The third-order valence-corrected chi connectivity index (χ3v) is 9.39. The molecule has 0 aromatic rings. The zero-order chi connectivity index (χ0) is 24.2. The van der Waals surface area contributed by atoms with Gasteiger partial charge in [0.15, 0.2) is 6.61 Å². The van der Waals surface area contributed by atoms with E-state index in [2.05, 4.69) is 13.0 Å². The van der Waals surface area contributed by atoms with E-state index in [4.69, 9.17) is 9.84 Å². The first kappa shape index (κ1) is 24.1. The van der Waals surface area contributed by atoms with Crippen LogP contribution < -0.4 is 0 Å². The Morgan fingerprint density at radius 3 is 2.61 bits per heavy atom. The van der Waals surface area contributed by atoms with Crippen molar-refractivity contribution in [3.8, 4) is 0 Å². The van der Waals surface area contributed by atoms with Gasteiger partial charge in [-0.25, -0.2) is 0 Å². The fourth-order valence-corrected chi connectivity index (χ4v) is 7.62. The molecule has 3 N–H and O–H groups in total. The highest BCUT2D eigenvalue weighted by Crippen LogP contribution is 2.67. The lowest BCUT2D eigenvalue weighted by Crippen LogP contribution is -2.61. The lowest BCUT2D eigenvalue weighted by atomic mass is 9.46. The highest BCUT2D eigenvalue weighted by molar-refractivity contribution is 5.91. The number of aliphatic hydroxyl groups is 2. The van der Waals surface area contributed by atoms with Crippen LogP contribution in [-0.2, 0) is 23.9 Å². The Kier molecular flexibility index (Phi) is 6.06. The Morgan fingerprint density at radius 2 is 1.91 bits per heavy atom. The molecule has 3 saturated carbocycles. The van der Waals surface area contributed by atoms with E-state index < -0.39 is 41.4 Å². The SMILES string of the molecule is C[C@]12CCC(=O)CC1=CCC1C2C(O)C[C@@]2(C)C1CCC2(O)C(=O)COC(=O)CCC(=O)O. The van der Waals surface area contributed by atoms with Gasteiger partial charge in [0.25, 0.3) is 0 Å². The summed E-state index contributed by atoms with van der Waals surface area (Å²) in [6, 6.07) is 0. The van der Waals surface area contributed by atoms with Gasteiger partial charge in [-0.2, -0.15) is 0 Å². The molecule has 0 aromatic carbocycles. The zero-order valence-electron chi connectivity index (χ0n) is 19.3. The summed E-state index contributed by atoms with van der Waals surface area (Å²) in [4.78, 5) is 47.5. The molecule has 0 aromatic heterocycles. The summed E-state index contributed by atoms with van der Waals surface area (Å²) in [6.45, 7) is 3.41. The third-order valence-electron chi connectivity index (χ3n) is 9.39. The van der Waals surface area contributed by atoms with Crippen LogP contribution in [-0.4, -0.2) is 57.1 Å². The molecule has 0 amide bonds. The van der Waals surface area contributed by atoms with Gasteiger partial charge in [0.05, 0.1) is 18.9 Å². The van der Waals surface area contributed by atoms with Gasteiger partial charge in [0.2, 0.25) is 5.78 Å². The van der Waals surface area contributed by atoms with Crippen molar-refractivity contribution in [2.24, 2.45) is 28.6 Å². The van der Waals surface area contributed by atoms with Crippen molar-refractivity contribution in [1.82, 2.24) is 0 Å². The number of aliphatic carboxylic acids is 1. The standard InChI is InChI=1S/C25H34O8/c1-23-9-7-15(26)11-14(23)3-4-16-17-8-10-25(32,24(17,2)12-18(27)22(16)23)19(28)13-33-21(31)6-5-20(29)30/h3,16-18,22,27,32H,4-13H2,1-2H3,(H,29,30)/t16?,17?,18?,22?,23-,24-,25?/m0/s1. The number of hydrogen-bond donors (Lipinski definition) is 3. The van der Waals surface area contributed by atoms with E-state index in [1.807, 2.05) is 6.92 Å². The van der Waals surface area contributed by atoms with E-state index >= 15 is 0 Å². The topological polar surface area (TPSA) is 138 Å². The molecular formula is C25H34O8. The van der Waals surface area contributed by atoms with Gasteiger partial charge in [0, 0.05) is 18.3 Å². The quantitative estimate of drug-likeness (QED) is 0.403. The maximum Gasteiger partial charge on any atom is 0.306 e. The van der Waals surface area contributed by atoms with Gasteiger partial charge in [0.1, 0.15) is 11.4 Å². The number of carbonyl (C=O) groups excluding carboxylic acids is 3. The molecule has 8 nitrogen and oxygen atoms in total. The maximum atomic E-state index is 13.1. The molecule has 3 fully saturated rings. The first-order valence-corrected chi connectivity index (χ1v) is 11.9. The molecule has 5 unspecified atom stereocenters. The Bertz CT molecular complexity index is 908. The van der Waals surface area contributed by atoms with Crippen LogP contribution in [0.5, 0.6) is 0 Å². The maximum absolute atomic E-state index is 13.1. The highest BCUT2D eigenvalue weighted by atomic mass is 16.5. The molecule has 4 aliphatic carbocycles. The summed E-state index contributed by atoms with van der Waals surface area (Å²) in [6.07, 6.45) is 4.26. The summed E-state index contributed by atoms with van der Waals surface area (Å²) < 4.78 is 4.97. The van der Waals surface area contributed by atoms with Crippen LogP contribution in [0.2, 0.25) is 0 Å². The number of Topliss-reactive ketones (excluding diaryl/α,β-unsaturated/α-hetero) is 2. The van der Waals surface area contributed by atoms with Gasteiger partial charge in [-0.1, -0.05) is 25.5 Å². The number of allylic oxidation sites excluding steroid dienone is 2. The summed E-state index contributed by atoms with van der Waals surface area (Å²) in [5.74, 6) is -2.17. The second-order valence-corrected chi connectivity index (χ2v) is 11.0. The van der Waals surface area contributed by atoms with E-state index in [0.717, 1.165) is 12.0 Å². The average Bonchev–Trinajstić information content (AvgIpc) is 3.02. The molecule has 4 rings (SSSR count). The van der Waals surface area contributed by atoms with Crippen molar-refractivity contribution in [2.45, 2.75) is 83.3 Å². The first-order valence-electron chi connectivity index (χ1n) is 11.9. The molecule has 4 aliphatic rings. The van der Waals surface area contributed by atoms with Crippen LogP contribution in [0.1, 0.15) is 71.6 Å². The van der Waals surface area contributed by atoms with Crippen LogP contribution >= 0.6 is 0 Å². The fourth-order valence-electron chi connectivity index (χ4n) is 7.62. The number of esters is 1. The van der Waals surface area contributed by atoms with Crippen LogP contribution in [0, 0.1) is 28.6 Å². The fraction of sp³-hybridized carbons (Fsp3) is 0.760. The van der Waals surface area contributed by atoms with Gasteiger partial charge in [-0.05, 0) is 55.3 Å². The summed E-state index contributed by atoms with van der Waals surface area (Å²) in [5.41, 5.74) is -1.70. The number of ketones is 2. The molecular weight excluding hydrogens is 428 g/mol. The number of carboxylic acids is 1. The Morgan fingerprint density at radius 1 is 1.18 bits per heavy atom. The first-order chi connectivity index (χ1) is 15.4. The zero-order valence-corrected chi connectivity index (χ0v) is 19.3. The Balaban J connectivity index is 1.53. The minimum absolute atomic E-state index is 0.0185. The summed E-state index contributed by atoms with van der Waals surface area (Å²) in [5, 5.41) is 31.6. The highest BCUT2D eigenvalue weighted by Gasteiger charge is 2.68. The number of fused-ring (bicyclic) bond motifs is 5. The van der Waals surface area contributed by atoms with E-state index in [1.54, 1.807) is 0 Å². The van der Waals surface area contributed by atoms with Crippen molar-refractivity contribution in [3.05, 3.63) is 11.6 Å². The van der Waals surface area contributed by atoms with E-state index in [1.165, 1.54) is 0 Å². The summed E-state index contributed by atoms with van der Waals surface area (Å²) in [7, 11) is 0. The number of rotatable bonds is 6. The third kappa shape index (κ3) is 3.75. The van der Waals surface area contributed by atoms with Gasteiger partial charge < -0.3 is 20.1 Å². The lowest BCUT2D eigenvalue weighted by Gasteiger charge is -2.59. The van der Waals surface area contributed by atoms with Crippen LogP contribution in [0.3, 0.4) is 0 Å². The van der Waals surface area contributed by atoms with E-state index in [0.29, 0.717) is 25.7 Å². The van der Waals surface area contributed by atoms with Crippen molar-refractivity contribution in [1.29, 1.82) is 0 Å². The smallest absolute Gasteiger partial charge is 0.306 e. The second-order valence-electron chi connectivity index (χ2n) is 11.0. The Labute approximate surface area is 193 Å². The van der Waals surface area contributed by atoms with E-state index in [9.17, 15) is 29.4 Å². The molecule has 0 heterocycles. The number of ether oxygens (including phenoxy) is 1. The lowest BCUT2D eigenvalue weighted by molar-refractivity contribution is -0.182. The average molecular weight is 463 g/mol. The second kappa shape index (κ2) is 8.31. The molecule has 7 atom stereocenters. The molecule has 0 saturated heterocycles. The van der Waals surface area contributed by atoms with Crippen molar-refractivity contribution in [3.63, 3.8) is 0 Å². The molecule has 0 spiro atoms. The minimum atomic E-state index is -1.72. The predicted molar refractivity (Wildman–Crippen MR) is 116 cm³/mol. The van der Waals surface area contributed by atoms with E-state index in [-0.39, 0.29) is 54.6 Å². The van der Waals surface area contributed by atoms with Crippen molar-refractivity contribution in [2.75, 3.05) is 6.61 Å². The van der Waals surface area contributed by atoms with Crippen LogP contribution in [0.15, 0.2) is 11.6 Å². The molecule has 0 aliphatic heterocycles. The largest absolute Gasteiger partial charge is 0.481 e. The van der Waals surface area contributed by atoms with Gasteiger partial charge in [-0.15, -0.1) is 0 Å². The van der Waals surface area contributed by atoms with Crippen LogP contribution in [0.4, 0.5) is 0 Å². The summed E-state index contributed by atoms with van der Waals surface area (Å²) >= 11 is 0. The van der Waals surface area contributed by atoms with Crippen molar-refractivity contribution >= 4 is 23.5 Å². The monoisotopic (exact) mass is 462 g/mol. The number of carbonyl (C=O) groups is 4. The van der Waals surface area contributed by atoms with Crippen molar-refractivity contribution < 1.29 is 39.2 Å². The van der Waals surface area contributed by atoms with Gasteiger partial charge in [-0.3, -0.25) is 19.2 Å². The number of hydrogen-bond acceptors (Lipinski definition) is 7. The molecule has 0 bridgehead atoms. The normalized spacial score (nSPS) is 41.9. The van der Waals surface area contributed by atoms with Gasteiger partial charge >= 0.3 is 11.9 Å². The molecule has 182 valence electrons.